The third-order valence-corrected chi connectivity index (χ3v) is 6.56. The van der Waals surface area contributed by atoms with Crippen molar-refractivity contribution in [1.82, 2.24) is 4.57 Å². The number of nitriles is 1. The maximum atomic E-state index is 14.0. The first-order chi connectivity index (χ1) is 17.2. The van der Waals surface area contributed by atoms with Gasteiger partial charge in [-0.15, -0.1) is 0 Å². The summed E-state index contributed by atoms with van der Waals surface area (Å²) < 4.78 is 34.3. The molecule has 1 aromatic heterocycles. The minimum absolute atomic E-state index is 0.0103. The van der Waals surface area contributed by atoms with Gasteiger partial charge in [0.05, 0.1) is 23.0 Å². The molecule has 0 aliphatic carbocycles. The Labute approximate surface area is 207 Å². The number of nitrogens with zero attached hydrogens (tertiary/aromatic N) is 3. The third kappa shape index (κ3) is 5.08. The Morgan fingerprint density at radius 1 is 1.11 bits per heavy atom. The van der Waals surface area contributed by atoms with Crippen LogP contribution in [0.4, 0.5) is 20.2 Å². The quantitative estimate of drug-likeness (QED) is 0.569. The summed E-state index contributed by atoms with van der Waals surface area (Å²) in [4.78, 5) is 27.8. The summed E-state index contributed by atoms with van der Waals surface area (Å²) in [7, 11) is 1.62. The molecule has 1 fully saturated rings. The Morgan fingerprint density at radius 2 is 1.83 bits per heavy atom. The van der Waals surface area contributed by atoms with Gasteiger partial charge in [0.1, 0.15) is 17.5 Å². The second-order valence-corrected chi connectivity index (χ2v) is 8.87. The summed E-state index contributed by atoms with van der Waals surface area (Å²) in [5.74, 6) is -1.95. The number of carbonyl (C=O) groups is 1. The molecule has 9 heteroatoms. The van der Waals surface area contributed by atoms with E-state index in [1.165, 1.54) is 10.6 Å². The van der Waals surface area contributed by atoms with Gasteiger partial charge in [-0.2, -0.15) is 5.26 Å². The lowest BCUT2D eigenvalue weighted by molar-refractivity contribution is 0.102. The summed E-state index contributed by atoms with van der Waals surface area (Å²) in [6, 6.07) is 11.9. The summed E-state index contributed by atoms with van der Waals surface area (Å²) in [5, 5.41) is 12.2. The van der Waals surface area contributed by atoms with E-state index in [4.69, 9.17) is 4.74 Å². The van der Waals surface area contributed by atoms with E-state index in [9.17, 15) is 23.6 Å². The molecule has 3 aromatic rings. The van der Waals surface area contributed by atoms with Gasteiger partial charge in [0.2, 0.25) is 0 Å². The van der Waals surface area contributed by atoms with Gasteiger partial charge in [0.25, 0.3) is 11.5 Å². The first kappa shape index (κ1) is 24.9. The molecule has 0 saturated carbocycles. The van der Waals surface area contributed by atoms with Crippen molar-refractivity contribution in [2.45, 2.75) is 32.8 Å². The van der Waals surface area contributed by atoms with Gasteiger partial charge in [-0.25, -0.2) is 8.78 Å². The molecule has 1 N–H and O–H groups in total. The van der Waals surface area contributed by atoms with E-state index in [0.29, 0.717) is 42.9 Å². The average Bonchev–Trinajstić information content (AvgIpc) is 2.87. The Balaban J connectivity index is 1.53. The van der Waals surface area contributed by atoms with Crippen LogP contribution in [0.15, 0.2) is 47.3 Å². The topological polar surface area (TPSA) is 87.4 Å². The van der Waals surface area contributed by atoms with Crippen molar-refractivity contribution >= 4 is 17.3 Å². The summed E-state index contributed by atoms with van der Waals surface area (Å²) in [6.07, 6.45) is 0.889. The molecule has 0 radical (unpaired) electrons. The predicted octanol–water partition coefficient (Wildman–Crippen LogP) is 4.45. The number of aryl methyl sites for hydroxylation is 1. The number of carbonyl (C=O) groups excluding carboxylic acids is 1. The summed E-state index contributed by atoms with van der Waals surface area (Å²) >= 11 is 0. The van der Waals surface area contributed by atoms with Crippen LogP contribution in [-0.4, -0.2) is 29.7 Å². The van der Waals surface area contributed by atoms with Gasteiger partial charge >= 0.3 is 0 Å². The van der Waals surface area contributed by atoms with Crippen molar-refractivity contribution in [2.24, 2.45) is 7.05 Å². The van der Waals surface area contributed by atoms with E-state index in [1.54, 1.807) is 31.3 Å². The maximum Gasteiger partial charge on any atom is 0.263 e. The monoisotopic (exact) mass is 492 g/mol. The standard InChI is InChI=1S/C27H26F2N4O3/c1-16-12-21(27(35)32(3)17(16)2)26(34)31-23-13-18(15-30)4-6-24(23)33-10-8-20(9-11-33)36-25-7-5-19(28)14-22(25)29/h4-7,12-14,20H,8-11H2,1-3H3,(H,31,34). The van der Waals surface area contributed by atoms with Gasteiger partial charge in [0.15, 0.2) is 11.6 Å². The minimum atomic E-state index is -0.744. The number of ether oxygens (including phenoxy) is 1. The number of pyridine rings is 1. The van der Waals surface area contributed by atoms with Crippen molar-refractivity contribution in [1.29, 1.82) is 5.26 Å². The highest BCUT2D eigenvalue weighted by atomic mass is 19.1. The van der Waals surface area contributed by atoms with Crippen LogP contribution in [0.1, 0.15) is 40.0 Å². The molecule has 2 aromatic carbocycles. The van der Waals surface area contributed by atoms with Crippen LogP contribution in [-0.2, 0) is 7.05 Å². The van der Waals surface area contributed by atoms with Gasteiger partial charge in [-0.1, -0.05) is 0 Å². The zero-order valence-corrected chi connectivity index (χ0v) is 20.3. The van der Waals surface area contributed by atoms with Crippen LogP contribution < -0.4 is 20.5 Å². The van der Waals surface area contributed by atoms with Crippen LogP contribution in [0.3, 0.4) is 0 Å². The number of piperidine rings is 1. The Kier molecular flexibility index (Phi) is 7.06. The molecule has 7 nitrogen and oxygen atoms in total. The van der Waals surface area contributed by atoms with E-state index < -0.39 is 23.1 Å². The number of amides is 1. The fourth-order valence-corrected chi connectivity index (χ4v) is 4.28. The molecule has 2 heterocycles. The number of anilines is 2. The van der Waals surface area contributed by atoms with Crippen molar-refractivity contribution in [3.05, 3.63) is 86.8 Å². The molecule has 0 atom stereocenters. The average molecular weight is 493 g/mol. The lowest BCUT2D eigenvalue weighted by atomic mass is 10.0. The van der Waals surface area contributed by atoms with Gasteiger partial charge in [0, 0.05) is 44.7 Å². The fourth-order valence-electron chi connectivity index (χ4n) is 4.28. The van der Waals surface area contributed by atoms with Crippen LogP contribution >= 0.6 is 0 Å². The normalized spacial score (nSPS) is 13.8. The number of rotatable bonds is 5. The fraction of sp³-hybridized carbons (Fsp3) is 0.296. The van der Waals surface area contributed by atoms with E-state index >= 15 is 0 Å². The molecule has 0 bridgehead atoms. The highest BCUT2D eigenvalue weighted by molar-refractivity contribution is 6.06. The Bertz CT molecular complexity index is 1420. The zero-order chi connectivity index (χ0) is 26.0. The van der Waals surface area contributed by atoms with Crippen LogP contribution in [0.5, 0.6) is 5.75 Å². The van der Waals surface area contributed by atoms with Crippen molar-refractivity contribution in [2.75, 3.05) is 23.3 Å². The first-order valence-electron chi connectivity index (χ1n) is 11.6. The molecule has 0 unspecified atom stereocenters. The molecule has 1 aliphatic rings. The van der Waals surface area contributed by atoms with E-state index in [-0.39, 0.29) is 17.4 Å². The van der Waals surface area contributed by atoms with Crippen LogP contribution in [0, 0.1) is 36.8 Å². The summed E-state index contributed by atoms with van der Waals surface area (Å²) in [6.45, 7) is 4.74. The molecule has 0 spiro atoms. The largest absolute Gasteiger partial charge is 0.487 e. The van der Waals surface area contributed by atoms with Crippen molar-refractivity contribution < 1.29 is 18.3 Å². The molecule has 186 valence electrons. The molecule has 1 saturated heterocycles. The molecule has 36 heavy (non-hydrogen) atoms. The number of hydrogen-bond acceptors (Lipinski definition) is 5. The van der Waals surface area contributed by atoms with Gasteiger partial charge < -0.3 is 19.5 Å². The van der Waals surface area contributed by atoms with Gasteiger partial charge in [-0.3, -0.25) is 9.59 Å². The Morgan fingerprint density at radius 3 is 2.50 bits per heavy atom. The zero-order valence-electron chi connectivity index (χ0n) is 20.3. The number of nitrogens with one attached hydrogen (secondary N) is 1. The molecule has 1 aliphatic heterocycles. The number of hydrogen-bond donors (Lipinski definition) is 1. The number of aromatic nitrogens is 1. The van der Waals surface area contributed by atoms with E-state index in [1.807, 2.05) is 18.7 Å². The first-order valence-corrected chi connectivity index (χ1v) is 11.6. The van der Waals surface area contributed by atoms with Crippen LogP contribution in [0.25, 0.3) is 0 Å². The maximum absolute atomic E-state index is 14.0. The second-order valence-electron chi connectivity index (χ2n) is 8.87. The smallest absolute Gasteiger partial charge is 0.263 e. The molecule has 4 rings (SSSR count). The lowest BCUT2D eigenvalue weighted by Gasteiger charge is -2.35. The van der Waals surface area contributed by atoms with Crippen LogP contribution in [0.2, 0.25) is 0 Å². The van der Waals surface area contributed by atoms with E-state index in [0.717, 1.165) is 23.4 Å². The van der Waals surface area contributed by atoms with Crippen molar-refractivity contribution in [3.8, 4) is 11.8 Å². The summed E-state index contributed by atoms with van der Waals surface area (Å²) in [5.41, 5.74) is 2.69. The number of benzene rings is 2. The highest BCUT2D eigenvalue weighted by Crippen LogP contribution is 2.31. The molecular weight excluding hydrogens is 466 g/mol. The predicted molar refractivity (Wildman–Crippen MR) is 132 cm³/mol. The van der Waals surface area contributed by atoms with Gasteiger partial charge in [-0.05, 0) is 55.8 Å². The molecular formula is C27H26F2N4O3. The third-order valence-electron chi connectivity index (χ3n) is 6.56. The second kappa shape index (κ2) is 10.2. The lowest BCUT2D eigenvalue weighted by Crippen LogP contribution is -2.39. The minimum Gasteiger partial charge on any atom is -0.487 e. The Hall–Kier alpha value is -4.19. The number of halogens is 2. The SMILES string of the molecule is Cc1cc(C(=O)Nc2cc(C#N)ccc2N2CCC(Oc3ccc(F)cc3F)CC2)c(=O)n(C)c1C. The highest BCUT2D eigenvalue weighted by Gasteiger charge is 2.25. The van der Waals surface area contributed by atoms with Crippen molar-refractivity contribution in [3.63, 3.8) is 0 Å². The van der Waals surface area contributed by atoms with E-state index in [2.05, 4.69) is 11.4 Å². The molecule has 1 amide bonds.